The summed E-state index contributed by atoms with van der Waals surface area (Å²) in [5.41, 5.74) is 1.75. The molecule has 0 bridgehead atoms. The van der Waals surface area contributed by atoms with Gasteiger partial charge in [0.2, 0.25) is 16.0 Å². The van der Waals surface area contributed by atoms with Crippen molar-refractivity contribution in [3.8, 4) is 0 Å². The van der Waals surface area contributed by atoms with Crippen LogP contribution in [0.4, 0.5) is 5.95 Å². The Hall–Kier alpha value is -1.51. The lowest BCUT2D eigenvalue weighted by atomic mass is 10.4. The monoisotopic (exact) mass is 312 g/mol. The number of hydrogen-bond donors (Lipinski definition) is 2. The number of hydrogen-bond acceptors (Lipinski definition) is 6. The second kappa shape index (κ2) is 6.29. The average Bonchev–Trinajstić information content (AvgIpc) is 2.88. The molecule has 20 heavy (non-hydrogen) atoms. The van der Waals surface area contributed by atoms with Gasteiger partial charge < -0.3 is 5.32 Å². The number of nitrogens with one attached hydrogen (secondary N) is 2. The minimum absolute atomic E-state index is 0.274. The number of thiophene rings is 1. The van der Waals surface area contributed by atoms with Crippen LogP contribution in [0.2, 0.25) is 0 Å². The van der Waals surface area contributed by atoms with E-state index >= 15 is 0 Å². The first-order chi connectivity index (χ1) is 9.47. The number of rotatable bonds is 6. The third-order valence-corrected chi connectivity index (χ3v) is 5.30. The van der Waals surface area contributed by atoms with Crippen LogP contribution in [-0.4, -0.2) is 31.5 Å². The zero-order valence-electron chi connectivity index (χ0n) is 11.3. The molecular formula is C12H16N4O2S2. The molecule has 108 valence electrons. The molecule has 0 aliphatic carbocycles. The largest absolute Gasteiger partial charge is 0.353 e. The van der Waals surface area contributed by atoms with Gasteiger partial charge in [-0.3, -0.25) is 0 Å². The smallest absolute Gasteiger partial charge is 0.250 e. The van der Waals surface area contributed by atoms with Crippen molar-refractivity contribution in [3.63, 3.8) is 0 Å². The van der Waals surface area contributed by atoms with E-state index in [2.05, 4.69) is 20.0 Å². The average molecular weight is 312 g/mol. The molecule has 8 heteroatoms. The molecule has 0 atom stereocenters. The van der Waals surface area contributed by atoms with E-state index in [9.17, 15) is 8.42 Å². The summed E-state index contributed by atoms with van der Waals surface area (Å²) in [5, 5.41) is 4.73. The van der Waals surface area contributed by atoms with E-state index in [-0.39, 0.29) is 6.54 Å². The van der Waals surface area contributed by atoms with Gasteiger partial charge >= 0.3 is 0 Å². The van der Waals surface area contributed by atoms with Crippen molar-refractivity contribution in [1.82, 2.24) is 14.7 Å². The van der Waals surface area contributed by atoms with Gasteiger partial charge in [-0.2, -0.15) is 0 Å². The summed E-state index contributed by atoms with van der Waals surface area (Å²) in [6, 6.07) is 5.17. The Balaban J connectivity index is 1.85. The maximum Gasteiger partial charge on any atom is 0.250 e. The molecule has 2 N–H and O–H groups in total. The van der Waals surface area contributed by atoms with E-state index in [1.54, 1.807) is 17.5 Å². The van der Waals surface area contributed by atoms with Crippen molar-refractivity contribution >= 4 is 27.3 Å². The van der Waals surface area contributed by atoms with Gasteiger partial charge in [0, 0.05) is 24.5 Å². The van der Waals surface area contributed by atoms with E-state index in [0.29, 0.717) is 16.7 Å². The Morgan fingerprint density at radius 1 is 1.20 bits per heavy atom. The van der Waals surface area contributed by atoms with Crippen molar-refractivity contribution in [1.29, 1.82) is 0 Å². The first-order valence-corrected chi connectivity index (χ1v) is 8.43. The van der Waals surface area contributed by atoms with Crippen molar-refractivity contribution in [2.45, 2.75) is 18.1 Å². The summed E-state index contributed by atoms with van der Waals surface area (Å²) in [6.45, 7) is 4.48. The fraction of sp³-hybridized carbons (Fsp3) is 0.333. The highest BCUT2D eigenvalue weighted by molar-refractivity contribution is 7.91. The topological polar surface area (TPSA) is 84.0 Å². The molecule has 0 saturated carbocycles. The van der Waals surface area contributed by atoms with Crippen molar-refractivity contribution in [3.05, 3.63) is 35.0 Å². The van der Waals surface area contributed by atoms with E-state index in [4.69, 9.17) is 0 Å². The van der Waals surface area contributed by atoms with E-state index in [1.807, 2.05) is 19.9 Å². The van der Waals surface area contributed by atoms with Gasteiger partial charge in [-0.15, -0.1) is 11.3 Å². The van der Waals surface area contributed by atoms with Crippen LogP contribution in [0.25, 0.3) is 0 Å². The highest BCUT2D eigenvalue weighted by Crippen LogP contribution is 2.14. The maximum atomic E-state index is 11.9. The molecule has 0 unspecified atom stereocenters. The third-order valence-electron chi connectivity index (χ3n) is 2.44. The van der Waals surface area contributed by atoms with E-state index in [1.165, 1.54) is 11.3 Å². The molecule has 2 aromatic heterocycles. The van der Waals surface area contributed by atoms with Crippen LogP contribution in [-0.2, 0) is 10.0 Å². The second-order valence-electron chi connectivity index (χ2n) is 4.23. The molecule has 0 amide bonds. The zero-order valence-corrected chi connectivity index (χ0v) is 12.9. The number of nitrogens with zero attached hydrogens (tertiary/aromatic N) is 2. The second-order valence-corrected chi connectivity index (χ2v) is 7.17. The van der Waals surface area contributed by atoms with Crippen LogP contribution in [0, 0.1) is 13.8 Å². The van der Waals surface area contributed by atoms with E-state index < -0.39 is 10.0 Å². The van der Waals surface area contributed by atoms with Gasteiger partial charge in [-0.25, -0.2) is 23.1 Å². The van der Waals surface area contributed by atoms with Gasteiger partial charge in [-0.05, 0) is 31.4 Å². The van der Waals surface area contributed by atoms with Gasteiger partial charge in [0.1, 0.15) is 4.21 Å². The fourth-order valence-electron chi connectivity index (χ4n) is 1.65. The van der Waals surface area contributed by atoms with Gasteiger partial charge in [-0.1, -0.05) is 6.07 Å². The van der Waals surface area contributed by atoms with Crippen LogP contribution in [0.3, 0.4) is 0 Å². The first-order valence-electron chi connectivity index (χ1n) is 6.07. The van der Waals surface area contributed by atoms with Crippen LogP contribution in [0.5, 0.6) is 0 Å². The van der Waals surface area contributed by atoms with Gasteiger partial charge in [0.15, 0.2) is 0 Å². The molecule has 0 aliphatic heterocycles. The fourth-order valence-corrected chi connectivity index (χ4v) is 3.72. The van der Waals surface area contributed by atoms with Gasteiger partial charge in [0.05, 0.1) is 0 Å². The molecule has 0 spiro atoms. The molecule has 0 aliphatic rings. The van der Waals surface area contributed by atoms with Crippen LogP contribution in [0.15, 0.2) is 27.8 Å². The highest BCUT2D eigenvalue weighted by Gasteiger charge is 2.13. The predicted octanol–water partition coefficient (Wildman–Crippen LogP) is 1.55. The number of aryl methyl sites for hydroxylation is 2. The van der Waals surface area contributed by atoms with Crippen molar-refractivity contribution in [2.75, 3.05) is 18.4 Å². The lowest BCUT2D eigenvalue weighted by Crippen LogP contribution is -2.28. The van der Waals surface area contributed by atoms with Gasteiger partial charge in [0.25, 0.3) is 0 Å². The Bertz CT molecular complexity index is 649. The molecule has 6 nitrogen and oxygen atoms in total. The molecule has 2 heterocycles. The maximum absolute atomic E-state index is 11.9. The zero-order chi connectivity index (χ0) is 14.6. The standard InChI is InChI=1S/C12H16N4O2S2/c1-9-8-10(2)16-12(15-9)13-5-6-14-20(17,18)11-4-3-7-19-11/h3-4,7-8,14H,5-6H2,1-2H3,(H,13,15,16). The van der Waals surface area contributed by atoms with Crippen LogP contribution >= 0.6 is 11.3 Å². The number of aromatic nitrogens is 2. The molecule has 0 saturated heterocycles. The molecular weight excluding hydrogens is 296 g/mol. The summed E-state index contributed by atoms with van der Waals surface area (Å²) >= 11 is 1.19. The SMILES string of the molecule is Cc1cc(C)nc(NCCNS(=O)(=O)c2cccs2)n1. The van der Waals surface area contributed by atoms with E-state index in [0.717, 1.165) is 11.4 Å². The first kappa shape index (κ1) is 14.9. The molecule has 0 fully saturated rings. The quantitative estimate of drug-likeness (QED) is 0.791. The van der Waals surface area contributed by atoms with Crippen molar-refractivity contribution in [2.24, 2.45) is 0 Å². The Morgan fingerprint density at radius 3 is 2.50 bits per heavy atom. The van der Waals surface area contributed by atoms with Crippen LogP contribution in [0.1, 0.15) is 11.4 Å². The summed E-state index contributed by atoms with van der Waals surface area (Å²) in [5.74, 6) is 0.512. The Morgan fingerprint density at radius 2 is 1.90 bits per heavy atom. The molecule has 2 rings (SSSR count). The molecule has 2 aromatic rings. The normalized spacial score (nSPS) is 11.5. The summed E-state index contributed by atoms with van der Waals surface area (Å²) in [7, 11) is -3.40. The Kier molecular flexibility index (Phi) is 4.69. The molecule has 0 radical (unpaired) electrons. The number of anilines is 1. The number of sulfonamides is 1. The van der Waals surface area contributed by atoms with Crippen molar-refractivity contribution < 1.29 is 8.42 Å². The highest BCUT2D eigenvalue weighted by atomic mass is 32.2. The minimum atomic E-state index is -3.40. The summed E-state index contributed by atoms with van der Waals surface area (Å²) < 4.78 is 26.6. The predicted molar refractivity (Wildman–Crippen MR) is 79.5 cm³/mol. The minimum Gasteiger partial charge on any atom is -0.353 e. The molecule has 0 aromatic carbocycles. The summed E-state index contributed by atoms with van der Waals surface area (Å²) in [4.78, 5) is 8.44. The third kappa shape index (κ3) is 3.99. The van der Waals surface area contributed by atoms with Crippen LogP contribution < -0.4 is 10.0 Å². The Labute approximate surface area is 122 Å². The lowest BCUT2D eigenvalue weighted by Gasteiger charge is -2.07. The lowest BCUT2D eigenvalue weighted by molar-refractivity contribution is 0.585. The summed E-state index contributed by atoms with van der Waals surface area (Å²) in [6.07, 6.45) is 0.